The van der Waals surface area contributed by atoms with Gasteiger partial charge in [0.25, 0.3) is 0 Å². The van der Waals surface area contributed by atoms with Crippen LogP contribution in [0.3, 0.4) is 0 Å². The van der Waals surface area contributed by atoms with Crippen molar-refractivity contribution in [3.63, 3.8) is 0 Å². The van der Waals surface area contributed by atoms with Gasteiger partial charge in [0.05, 0.1) is 12.0 Å². The number of hydrogen-bond acceptors (Lipinski definition) is 4. The highest BCUT2D eigenvalue weighted by Gasteiger charge is 2.14. The minimum Gasteiger partial charge on any atom is -0.490 e. The van der Waals surface area contributed by atoms with Gasteiger partial charge >= 0.3 is 5.69 Å². The minimum absolute atomic E-state index is 0.0390. The summed E-state index contributed by atoms with van der Waals surface area (Å²) >= 11 is 0. The predicted molar refractivity (Wildman–Crippen MR) is 83.6 cm³/mol. The molecular formula is C16H16N2O3. The second-order valence-electron chi connectivity index (χ2n) is 4.34. The van der Waals surface area contributed by atoms with Gasteiger partial charge in [0.1, 0.15) is 0 Å². The molecule has 0 spiro atoms. The normalized spacial score (nSPS) is 10.5. The molecule has 0 aliphatic carbocycles. The topological polar surface area (TPSA) is 64.4 Å². The Morgan fingerprint density at radius 3 is 2.67 bits per heavy atom. The first-order valence-corrected chi connectivity index (χ1v) is 6.48. The van der Waals surface area contributed by atoms with E-state index in [2.05, 4.69) is 5.32 Å². The molecular weight excluding hydrogens is 268 g/mol. The smallest absolute Gasteiger partial charge is 0.311 e. The molecule has 0 amide bonds. The van der Waals surface area contributed by atoms with Crippen molar-refractivity contribution in [1.82, 2.24) is 0 Å². The molecule has 0 aliphatic rings. The number of hydrogen-bond donors (Lipinski definition) is 1. The van der Waals surface area contributed by atoms with Crippen LogP contribution in [-0.2, 0) is 0 Å². The first kappa shape index (κ1) is 14.6. The number of methoxy groups -OCH3 is 1. The van der Waals surface area contributed by atoms with E-state index in [1.54, 1.807) is 12.1 Å². The zero-order chi connectivity index (χ0) is 15.1. The van der Waals surface area contributed by atoms with Gasteiger partial charge in [-0.05, 0) is 11.6 Å². The van der Waals surface area contributed by atoms with Crippen molar-refractivity contribution in [2.24, 2.45) is 0 Å². The van der Waals surface area contributed by atoms with Gasteiger partial charge in [-0.15, -0.1) is 0 Å². The van der Waals surface area contributed by atoms with Gasteiger partial charge in [-0.25, -0.2) is 0 Å². The highest BCUT2D eigenvalue weighted by atomic mass is 16.6. The van der Waals surface area contributed by atoms with Crippen LogP contribution in [0.1, 0.15) is 5.56 Å². The molecule has 0 atom stereocenters. The van der Waals surface area contributed by atoms with Crippen LogP contribution in [0.25, 0.3) is 6.08 Å². The molecule has 1 N–H and O–H groups in total. The van der Waals surface area contributed by atoms with Crippen LogP contribution in [0.4, 0.5) is 11.4 Å². The number of nitrogens with zero attached hydrogens (tertiary/aromatic N) is 1. The minimum atomic E-state index is -0.460. The Kier molecular flexibility index (Phi) is 4.93. The highest BCUT2D eigenvalue weighted by Crippen LogP contribution is 2.29. The summed E-state index contributed by atoms with van der Waals surface area (Å²) in [6.07, 6.45) is 4.00. The standard InChI is InChI=1S/C16H16N2O3/c1-21-16-12-14(9-10-15(16)18(19)20)17-11-5-8-13-6-3-2-4-7-13/h2-10,12,17H,11H2,1H3/b8-5+. The van der Waals surface area contributed by atoms with Crippen LogP contribution in [0.5, 0.6) is 5.75 Å². The lowest BCUT2D eigenvalue weighted by molar-refractivity contribution is -0.385. The van der Waals surface area contributed by atoms with Crippen LogP contribution < -0.4 is 10.1 Å². The number of benzene rings is 2. The molecule has 2 aromatic rings. The van der Waals surface area contributed by atoms with Gasteiger partial charge in [-0.3, -0.25) is 10.1 Å². The summed E-state index contributed by atoms with van der Waals surface area (Å²) in [6.45, 7) is 0.621. The molecule has 21 heavy (non-hydrogen) atoms. The van der Waals surface area contributed by atoms with Crippen molar-refractivity contribution < 1.29 is 9.66 Å². The maximum Gasteiger partial charge on any atom is 0.311 e. The van der Waals surface area contributed by atoms with Crippen molar-refractivity contribution in [3.8, 4) is 5.75 Å². The third-order valence-electron chi connectivity index (χ3n) is 2.91. The second kappa shape index (κ2) is 7.09. The van der Waals surface area contributed by atoms with Gasteiger partial charge in [0.15, 0.2) is 5.75 Å². The lowest BCUT2D eigenvalue weighted by atomic mass is 10.2. The summed E-state index contributed by atoms with van der Waals surface area (Å²) < 4.78 is 5.02. The van der Waals surface area contributed by atoms with Crippen LogP contribution in [0, 0.1) is 10.1 Å². The Hall–Kier alpha value is -2.82. The third-order valence-corrected chi connectivity index (χ3v) is 2.91. The molecule has 2 aromatic carbocycles. The number of nitro benzene ring substituents is 1. The van der Waals surface area contributed by atoms with Gasteiger partial charge in [0, 0.05) is 24.4 Å². The van der Waals surface area contributed by atoms with E-state index in [1.807, 2.05) is 42.5 Å². The van der Waals surface area contributed by atoms with Gasteiger partial charge in [-0.2, -0.15) is 0 Å². The summed E-state index contributed by atoms with van der Waals surface area (Å²) in [5.74, 6) is 0.247. The molecule has 0 unspecified atom stereocenters. The molecule has 0 aromatic heterocycles. The molecule has 0 bridgehead atoms. The number of rotatable bonds is 6. The number of nitro groups is 1. The Labute approximate surface area is 123 Å². The second-order valence-corrected chi connectivity index (χ2v) is 4.34. The van der Waals surface area contributed by atoms with Crippen molar-refractivity contribution >= 4 is 17.5 Å². The van der Waals surface area contributed by atoms with E-state index in [0.717, 1.165) is 11.3 Å². The van der Waals surface area contributed by atoms with E-state index in [4.69, 9.17) is 4.74 Å². The maximum atomic E-state index is 10.8. The Bertz CT molecular complexity index is 639. The van der Waals surface area contributed by atoms with Crippen LogP contribution in [0.15, 0.2) is 54.6 Å². The molecule has 5 heteroatoms. The fraction of sp³-hybridized carbons (Fsp3) is 0.125. The van der Waals surface area contributed by atoms with E-state index in [-0.39, 0.29) is 11.4 Å². The lowest BCUT2D eigenvalue weighted by Gasteiger charge is -2.06. The summed E-state index contributed by atoms with van der Waals surface area (Å²) in [6, 6.07) is 14.7. The fourth-order valence-corrected chi connectivity index (χ4v) is 1.87. The Balaban J connectivity index is 1.97. The Morgan fingerprint density at radius 1 is 1.24 bits per heavy atom. The maximum absolute atomic E-state index is 10.8. The number of anilines is 1. The summed E-state index contributed by atoms with van der Waals surface area (Å²) in [5, 5.41) is 14.0. The SMILES string of the molecule is COc1cc(NC/C=C/c2ccccc2)ccc1[N+](=O)[O-]. The lowest BCUT2D eigenvalue weighted by Crippen LogP contribution is -2.00. The molecule has 2 rings (SSSR count). The monoisotopic (exact) mass is 284 g/mol. The van der Waals surface area contributed by atoms with Crippen molar-refractivity contribution in [2.45, 2.75) is 0 Å². The molecule has 0 saturated carbocycles. The van der Waals surface area contributed by atoms with Gasteiger partial charge in [-0.1, -0.05) is 42.5 Å². The quantitative estimate of drug-likeness (QED) is 0.648. The first-order chi connectivity index (χ1) is 10.2. The highest BCUT2D eigenvalue weighted by molar-refractivity contribution is 5.58. The molecule has 0 saturated heterocycles. The molecule has 0 aliphatic heterocycles. The largest absolute Gasteiger partial charge is 0.490 e. The molecule has 0 fully saturated rings. The molecule has 108 valence electrons. The first-order valence-electron chi connectivity index (χ1n) is 6.48. The molecule has 0 radical (unpaired) electrons. The number of nitrogens with one attached hydrogen (secondary N) is 1. The fourth-order valence-electron chi connectivity index (χ4n) is 1.87. The van der Waals surface area contributed by atoms with E-state index < -0.39 is 4.92 Å². The average molecular weight is 284 g/mol. The average Bonchev–Trinajstić information content (AvgIpc) is 2.52. The Morgan fingerprint density at radius 2 is 2.00 bits per heavy atom. The zero-order valence-electron chi connectivity index (χ0n) is 11.7. The van der Waals surface area contributed by atoms with Crippen LogP contribution in [-0.4, -0.2) is 18.6 Å². The van der Waals surface area contributed by atoms with Crippen molar-refractivity contribution in [3.05, 3.63) is 70.3 Å². The predicted octanol–water partition coefficient (Wildman–Crippen LogP) is 3.73. The van der Waals surface area contributed by atoms with Crippen molar-refractivity contribution in [2.75, 3.05) is 19.0 Å². The summed E-state index contributed by atoms with van der Waals surface area (Å²) in [5.41, 5.74) is 1.86. The van der Waals surface area contributed by atoms with E-state index in [0.29, 0.717) is 6.54 Å². The van der Waals surface area contributed by atoms with E-state index in [1.165, 1.54) is 13.2 Å². The van der Waals surface area contributed by atoms with Gasteiger partial charge < -0.3 is 10.1 Å². The summed E-state index contributed by atoms with van der Waals surface area (Å²) in [4.78, 5) is 10.3. The third kappa shape index (κ3) is 4.07. The van der Waals surface area contributed by atoms with Crippen LogP contribution >= 0.6 is 0 Å². The van der Waals surface area contributed by atoms with Crippen LogP contribution in [0.2, 0.25) is 0 Å². The zero-order valence-corrected chi connectivity index (χ0v) is 11.7. The van der Waals surface area contributed by atoms with Gasteiger partial charge in [0.2, 0.25) is 0 Å². The summed E-state index contributed by atoms with van der Waals surface area (Å²) in [7, 11) is 1.42. The number of ether oxygens (including phenoxy) is 1. The van der Waals surface area contributed by atoms with E-state index in [9.17, 15) is 10.1 Å². The molecule has 5 nitrogen and oxygen atoms in total. The van der Waals surface area contributed by atoms with E-state index >= 15 is 0 Å². The van der Waals surface area contributed by atoms with Crippen molar-refractivity contribution in [1.29, 1.82) is 0 Å². The molecule has 0 heterocycles.